The van der Waals surface area contributed by atoms with Crippen LogP contribution in [0, 0.1) is 6.92 Å². The van der Waals surface area contributed by atoms with Crippen molar-refractivity contribution in [1.82, 2.24) is 14.9 Å². The number of carbonyl (C=O) groups excluding carboxylic acids is 2. The summed E-state index contributed by atoms with van der Waals surface area (Å²) in [6.45, 7) is 6.84. The summed E-state index contributed by atoms with van der Waals surface area (Å²) >= 11 is 0. The first kappa shape index (κ1) is 20.4. The Morgan fingerprint density at radius 2 is 1.88 bits per heavy atom. The van der Waals surface area contributed by atoms with Gasteiger partial charge in [0.1, 0.15) is 6.04 Å². The second-order valence-corrected chi connectivity index (χ2v) is 8.51. The zero-order valence-electron chi connectivity index (χ0n) is 15.5. The van der Waals surface area contributed by atoms with Crippen LogP contribution in [-0.2, 0) is 14.8 Å². The smallest absolute Gasteiger partial charge is 0.252 e. The van der Waals surface area contributed by atoms with E-state index in [2.05, 4.69) is 10.6 Å². The van der Waals surface area contributed by atoms with Gasteiger partial charge in [-0.2, -0.15) is 4.31 Å². The number of sulfonamides is 1. The molecule has 1 aliphatic heterocycles. The van der Waals surface area contributed by atoms with Gasteiger partial charge in [-0.1, -0.05) is 13.0 Å². The van der Waals surface area contributed by atoms with E-state index in [9.17, 15) is 18.0 Å². The molecule has 0 radical (unpaired) electrons. The molecule has 1 fully saturated rings. The zero-order valence-corrected chi connectivity index (χ0v) is 16.4. The van der Waals surface area contributed by atoms with E-state index >= 15 is 0 Å². The highest BCUT2D eigenvalue weighted by Gasteiger charge is 2.28. The van der Waals surface area contributed by atoms with E-state index in [1.165, 1.54) is 16.4 Å². The monoisotopic (exact) mass is 381 g/mol. The SMILES string of the molecule is CCCNC(=O)C(C)NC(=O)c1cc(S(=O)(=O)N2CCCC2)ccc1C. The van der Waals surface area contributed by atoms with Gasteiger partial charge in [-0.3, -0.25) is 9.59 Å². The Morgan fingerprint density at radius 3 is 2.50 bits per heavy atom. The fourth-order valence-corrected chi connectivity index (χ4v) is 4.37. The third-order valence-corrected chi connectivity index (χ3v) is 6.34. The molecule has 0 aromatic heterocycles. The van der Waals surface area contributed by atoms with Gasteiger partial charge in [0.2, 0.25) is 15.9 Å². The molecule has 1 atom stereocenters. The van der Waals surface area contributed by atoms with E-state index in [0.29, 0.717) is 25.2 Å². The van der Waals surface area contributed by atoms with Gasteiger partial charge in [0.05, 0.1) is 4.90 Å². The second-order valence-electron chi connectivity index (χ2n) is 6.57. The zero-order chi connectivity index (χ0) is 19.3. The first-order valence-corrected chi connectivity index (χ1v) is 10.4. The molecule has 8 heteroatoms. The topological polar surface area (TPSA) is 95.6 Å². The Kier molecular flexibility index (Phi) is 6.77. The van der Waals surface area contributed by atoms with E-state index in [0.717, 1.165) is 19.3 Å². The Morgan fingerprint density at radius 1 is 1.23 bits per heavy atom. The highest BCUT2D eigenvalue weighted by atomic mass is 32.2. The van der Waals surface area contributed by atoms with Gasteiger partial charge < -0.3 is 10.6 Å². The van der Waals surface area contributed by atoms with Crippen LogP contribution >= 0.6 is 0 Å². The number of aryl methyl sites for hydroxylation is 1. The van der Waals surface area contributed by atoms with Gasteiger partial charge in [0, 0.05) is 25.2 Å². The fourth-order valence-electron chi connectivity index (χ4n) is 2.82. The largest absolute Gasteiger partial charge is 0.354 e. The van der Waals surface area contributed by atoms with Crippen molar-refractivity contribution < 1.29 is 18.0 Å². The molecule has 0 bridgehead atoms. The van der Waals surface area contributed by atoms with Gasteiger partial charge in [-0.05, 0) is 50.8 Å². The number of nitrogens with one attached hydrogen (secondary N) is 2. The maximum atomic E-state index is 12.7. The highest BCUT2D eigenvalue weighted by molar-refractivity contribution is 7.89. The molecule has 1 heterocycles. The van der Waals surface area contributed by atoms with Crippen LogP contribution in [0.15, 0.2) is 23.1 Å². The van der Waals surface area contributed by atoms with Gasteiger partial charge in [-0.25, -0.2) is 8.42 Å². The molecule has 2 rings (SSSR count). The molecule has 0 saturated carbocycles. The summed E-state index contributed by atoms with van der Waals surface area (Å²) in [6, 6.07) is 3.85. The molecule has 1 unspecified atom stereocenters. The molecule has 7 nitrogen and oxygen atoms in total. The Hall–Kier alpha value is -1.93. The number of amides is 2. The summed E-state index contributed by atoms with van der Waals surface area (Å²) in [5.74, 6) is -0.723. The normalized spacial score (nSPS) is 16.3. The molecule has 1 aliphatic rings. The van der Waals surface area contributed by atoms with Crippen molar-refractivity contribution in [3.63, 3.8) is 0 Å². The van der Waals surface area contributed by atoms with E-state index in [1.54, 1.807) is 19.9 Å². The number of rotatable bonds is 7. The number of hydrogen-bond acceptors (Lipinski definition) is 4. The minimum absolute atomic E-state index is 0.109. The van der Waals surface area contributed by atoms with Gasteiger partial charge >= 0.3 is 0 Å². The quantitative estimate of drug-likeness (QED) is 0.747. The average molecular weight is 381 g/mol. The Bertz CT molecular complexity index is 771. The summed E-state index contributed by atoms with van der Waals surface area (Å²) in [6.07, 6.45) is 2.51. The van der Waals surface area contributed by atoms with Crippen LogP contribution in [0.1, 0.15) is 49.0 Å². The maximum absolute atomic E-state index is 12.7. The molecule has 144 valence electrons. The van der Waals surface area contributed by atoms with Crippen molar-refractivity contribution in [3.05, 3.63) is 29.3 Å². The van der Waals surface area contributed by atoms with Crippen LogP contribution in [0.4, 0.5) is 0 Å². The van der Waals surface area contributed by atoms with Crippen molar-refractivity contribution in [2.24, 2.45) is 0 Å². The van der Waals surface area contributed by atoms with E-state index in [4.69, 9.17) is 0 Å². The summed E-state index contributed by atoms with van der Waals surface area (Å²) in [4.78, 5) is 24.6. The van der Waals surface area contributed by atoms with Gasteiger partial charge in [-0.15, -0.1) is 0 Å². The lowest BCUT2D eigenvalue weighted by Crippen LogP contribution is -2.45. The summed E-state index contributed by atoms with van der Waals surface area (Å²) in [7, 11) is -3.59. The van der Waals surface area contributed by atoms with Crippen molar-refractivity contribution in [3.8, 4) is 0 Å². The lowest BCUT2D eigenvalue weighted by Gasteiger charge is -2.18. The van der Waals surface area contributed by atoms with E-state index in [1.807, 2.05) is 6.92 Å². The minimum atomic E-state index is -3.59. The Balaban J connectivity index is 2.18. The molecule has 2 N–H and O–H groups in total. The van der Waals surface area contributed by atoms with Crippen molar-refractivity contribution in [1.29, 1.82) is 0 Å². The number of hydrogen-bond donors (Lipinski definition) is 2. The lowest BCUT2D eigenvalue weighted by atomic mass is 10.1. The summed E-state index contributed by atoms with van der Waals surface area (Å²) < 4.78 is 26.8. The van der Waals surface area contributed by atoms with Crippen LogP contribution in [0.5, 0.6) is 0 Å². The molecular weight excluding hydrogens is 354 g/mol. The van der Waals surface area contributed by atoms with Crippen LogP contribution in [0.3, 0.4) is 0 Å². The molecule has 1 aromatic rings. The minimum Gasteiger partial charge on any atom is -0.354 e. The number of benzene rings is 1. The van der Waals surface area contributed by atoms with Gasteiger partial charge in [0.25, 0.3) is 5.91 Å². The maximum Gasteiger partial charge on any atom is 0.252 e. The van der Waals surface area contributed by atoms with Crippen LogP contribution in [0.25, 0.3) is 0 Å². The number of nitrogens with zero attached hydrogens (tertiary/aromatic N) is 1. The molecule has 0 spiro atoms. The van der Waals surface area contributed by atoms with E-state index in [-0.39, 0.29) is 16.4 Å². The van der Waals surface area contributed by atoms with Crippen LogP contribution < -0.4 is 10.6 Å². The molecule has 1 aromatic carbocycles. The second kappa shape index (κ2) is 8.64. The molecular formula is C18H27N3O4S. The molecule has 26 heavy (non-hydrogen) atoms. The summed E-state index contributed by atoms with van der Waals surface area (Å²) in [5, 5.41) is 5.35. The first-order valence-electron chi connectivity index (χ1n) is 8.96. The third-order valence-electron chi connectivity index (χ3n) is 4.45. The van der Waals surface area contributed by atoms with Gasteiger partial charge in [0.15, 0.2) is 0 Å². The fraction of sp³-hybridized carbons (Fsp3) is 0.556. The van der Waals surface area contributed by atoms with Crippen LogP contribution in [-0.4, -0.2) is 50.2 Å². The standard InChI is InChI=1S/C18H27N3O4S/c1-4-9-19-17(22)14(3)20-18(23)16-12-15(8-7-13(16)2)26(24,25)21-10-5-6-11-21/h7-8,12,14H,4-6,9-11H2,1-3H3,(H,19,22)(H,20,23). The van der Waals surface area contributed by atoms with E-state index < -0.39 is 22.0 Å². The van der Waals surface area contributed by atoms with Crippen molar-refractivity contribution in [2.45, 2.75) is 51.0 Å². The van der Waals surface area contributed by atoms with Crippen molar-refractivity contribution in [2.75, 3.05) is 19.6 Å². The summed E-state index contributed by atoms with van der Waals surface area (Å²) in [5.41, 5.74) is 0.921. The predicted octanol–water partition coefficient (Wildman–Crippen LogP) is 1.42. The first-order chi connectivity index (χ1) is 12.3. The molecule has 0 aliphatic carbocycles. The molecule has 1 saturated heterocycles. The number of carbonyl (C=O) groups is 2. The molecule has 2 amide bonds. The highest BCUT2D eigenvalue weighted by Crippen LogP contribution is 2.23. The predicted molar refractivity (Wildman–Crippen MR) is 99.4 cm³/mol. The lowest BCUT2D eigenvalue weighted by molar-refractivity contribution is -0.122. The Labute approximate surface area is 155 Å². The third kappa shape index (κ3) is 4.62. The van der Waals surface area contributed by atoms with Crippen molar-refractivity contribution >= 4 is 21.8 Å². The average Bonchev–Trinajstić information content (AvgIpc) is 3.15. The van der Waals surface area contributed by atoms with Crippen LogP contribution in [0.2, 0.25) is 0 Å².